The minimum absolute atomic E-state index is 0.0554. The van der Waals surface area contributed by atoms with Gasteiger partial charge in [-0.05, 0) is 88.1 Å². The van der Waals surface area contributed by atoms with E-state index < -0.39 is 15.6 Å². The fraction of sp³-hybridized carbons (Fsp3) is 0.500. The van der Waals surface area contributed by atoms with E-state index in [0.29, 0.717) is 24.5 Å². The smallest absolute Gasteiger partial charge is 0.264 e. The number of anilines is 1. The molecule has 1 spiro atoms. The number of aryl methyl sites for hydroxylation is 2. The molecule has 2 fully saturated rings. The lowest BCUT2D eigenvalue weighted by atomic mass is 9.81. The summed E-state index contributed by atoms with van der Waals surface area (Å²) in [5.41, 5.74) is 3.56. The summed E-state index contributed by atoms with van der Waals surface area (Å²) in [6.45, 7) is 13.7. The zero-order valence-electron chi connectivity index (χ0n) is 26.5. The SMILES string of the molecule is Cc1cccc(C)c1-c1cc2nc(n1)NS(=O)(=O)c1cccc(c1)CC13CC(CCN1C(C)C)N(C3=O)[C@H](CC(C)C)CO2. The number of likely N-dealkylation sites (tertiary alicyclic amines) is 1. The number of amides is 1. The lowest BCUT2D eigenvalue weighted by Gasteiger charge is -2.44. The van der Waals surface area contributed by atoms with Crippen molar-refractivity contribution in [3.05, 3.63) is 65.2 Å². The van der Waals surface area contributed by atoms with E-state index in [4.69, 9.17) is 4.74 Å². The van der Waals surface area contributed by atoms with Gasteiger partial charge in [0.2, 0.25) is 17.7 Å². The Morgan fingerprint density at radius 1 is 1.05 bits per heavy atom. The molecular weight excluding hydrogens is 574 g/mol. The first-order chi connectivity index (χ1) is 20.9. The standard InChI is InChI=1S/C34H43N5O4S/c1-21(2)15-27-20-43-30-17-29(31-23(5)9-7-10-24(31)6)35-33(36-30)37-44(41,42)28-12-8-11-25(16-28)18-34-19-26(39(27)32(34)40)13-14-38(34)22(3)4/h7-12,16-17,21-22,26-27H,13-15,18-20H2,1-6H3,(H,35,36,37)/t26?,27-,34?/m1/s1. The van der Waals surface area contributed by atoms with Gasteiger partial charge in [0.25, 0.3) is 10.0 Å². The van der Waals surface area contributed by atoms with Crippen LogP contribution in [0.5, 0.6) is 5.88 Å². The average molecular weight is 618 g/mol. The number of rotatable bonds is 4. The number of carbonyl (C=O) groups excluding carboxylic acids is 1. The van der Waals surface area contributed by atoms with Gasteiger partial charge in [-0.2, -0.15) is 4.98 Å². The molecule has 0 radical (unpaired) electrons. The fourth-order valence-electron chi connectivity index (χ4n) is 7.65. The molecule has 2 unspecified atom stereocenters. The zero-order valence-corrected chi connectivity index (χ0v) is 27.3. The highest BCUT2D eigenvalue weighted by molar-refractivity contribution is 7.92. The Bertz CT molecular complexity index is 1670. The van der Waals surface area contributed by atoms with E-state index in [1.807, 2.05) is 38.1 Å². The summed E-state index contributed by atoms with van der Waals surface area (Å²) in [5, 5.41) is 0. The van der Waals surface area contributed by atoms with Gasteiger partial charge in [-0.15, -0.1) is 0 Å². The van der Waals surface area contributed by atoms with Gasteiger partial charge in [-0.25, -0.2) is 18.1 Å². The van der Waals surface area contributed by atoms with Crippen LogP contribution < -0.4 is 9.46 Å². The summed E-state index contributed by atoms with van der Waals surface area (Å²) in [6.07, 6.45) is 2.83. The van der Waals surface area contributed by atoms with Gasteiger partial charge in [0.1, 0.15) is 12.1 Å². The van der Waals surface area contributed by atoms with Crippen molar-refractivity contribution in [2.75, 3.05) is 17.9 Å². The van der Waals surface area contributed by atoms with Crippen molar-refractivity contribution < 1.29 is 17.9 Å². The molecular formula is C34H43N5O4S. The molecule has 3 atom stereocenters. The van der Waals surface area contributed by atoms with Crippen LogP contribution in [0.4, 0.5) is 5.95 Å². The molecule has 234 valence electrons. The number of sulfonamides is 1. The third-order valence-electron chi connectivity index (χ3n) is 9.41. The fourth-order valence-corrected chi connectivity index (χ4v) is 8.66. The predicted molar refractivity (Wildman–Crippen MR) is 171 cm³/mol. The van der Waals surface area contributed by atoms with Crippen LogP contribution in [0, 0.1) is 19.8 Å². The number of hydrogen-bond acceptors (Lipinski definition) is 7. The van der Waals surface area contributed by atoms with E-state index in [0.717, 1.165) is 41.6 Å². The van der Waals surface area contributed by atoms with Crippen LogP contribution >= 0.6 is 0 Å². The van der Waals surface area contributed by atoms with Crippen molar-refractivity contribution in [1.29, 1.82) is 0 Å². The van der Waals surface area contributed by atoms with E-state index in [-0.39, 0.29) is 47.4 Å². The van der Waals surface area contributed by atoms with Crippen LogP contribution in [0.25, 0.3) is 11.3 Å². The minimum atomic E-state index is -4.04. The van der Waals surface area contributed by atoms with Crippen LogP contribution in [0.2, 0.25) is 0 Å². The van der Waals surface area contributed by atoms with Crippen LogP contribution in [-0.4, -0.2) is 70.9 Å². The third kappa shape index (κ3) is 5.47. The van der Waals surface area contributed by atoms with E-state index >= 15 is 0 Å². The van der Waals surface area contributed by atoms with Crippen molar-refractivity contribution in [1.82, 2.24) is 19.8 Å². The quantitative estimate of drug-likeness (QED) is 0.420. The van der Waals surface area contributed by atoms with Crippen LogP contribution in [0.15, 0.2) is 53.4 Å². The van der Waals surface area contributed by atoms with Crippen LogP contribution in [0.3, 0.4) is 0 Å². The largest absolute Gasteiger partial charge is 0.475 e. The van der Waals surface area contributed by atoms with Gasteiger partial charge in [0.05, 0.1) is 16.6 Å². The Hall–Kier alpha value is -3.50. The number of nitrogens with zero attached hydrogens (tertiary/aromatic N) is 4. The molecule has 0 aliphatic carbocycles. The summed E-state index contributed by atoms with van der Waals surface area (Å²) < 4.78 is 36.6. The molecule has 2 aromatic carbocycles. The second-order valence-corrected chi connectivity index (χ2v) is 15.1. The van der Waals surface area contributed by atoms with Crippen molar-refractivity contribution in [3.8, 4) is 17.1 Å². The predicted octanol–water partition coefficient (Wildman–Crippen LogP) is 5.36. The monoisotopic (exact) mass is 617 g/mol. The molecule has 10 heteroatoms. The number of carbonyl (C=O) groups is 1. The Balaban J connectivity index is 1.52. The third-order valence-corrected chi connectivity index (χ3v) is 10.7. The van der Waals surface area contributed by atoms with E-state index in [2.05, 4.69) is 52.2 Å². The molecule has 2 saturated heterocycles. The zero-order chi connectivity index (χ0) is 31.4. The normalized spacial score (nSPS) is 24.9. The summed E-state index contributed by atoms with van der Waals surface area (Å²) in [4.78, 5) is 28.5. The summed E-state index contributed by atoms with van der Waals surface area (Å²) in [7, 11) is -4.04. The lowest BCUT2D eigenvalue weighted by Crippen LogP contribution is -2.59. The van der Waals surface area contributed by atoms with Gasteiger partial charge >= 0.3 is 0 Å². The highest BCUT2D eigenvalue weighted by Gasteiger charge is 2.59. The minimum Gasteiger partial charge on any atom is -0.475 e. The highest BCUT2D eigenvalue weighted by Crippen LogP contribution is 2.45. The molecule has 3 aliphatic heterocycles. The van der Waals surface area contributed by atoms with Crippen molar-refractivity contribution in [3.63, 3.8) is 0 Å². The number of hydrogen-bond donors (Lipinski definition) is 1. The van der Waals surface area contributed by atoms with Crippen LogP contribution in [-0.2, 0) is 21.2 Å². The Morgan fingerprint density at radius 3 is 2.48 bits per heavy atom. The molecule has 1 aromatic heterocycles. The average Bonchev–Trinajstić information content (AvgIpc) is 3.15. The number of ether oxygens (including phenoxy) is 1. The van der Waals surface area contributed by atoms with Gasteiger partial charge in [0, 0.05) is 30.3 Å². The second kappa shape index (κ2) is 11.5. The Labute approximate surface area is 261 Å². The second-order valence-electron chi connectivity index (χ2n) is 13.4. The number of aromatic nitrogens is 2. The highest BCUT2D eigenvalue weighted by atomic mass is 32.2. The van der Waals surface area contributed by atoms with Crippen molar-refractivity contribution in [2.24, 2.45) is 5.92 Å². The van der Waals surface area contributed by atoms with Gasteiger partial charge in [-0.3, -0.25) is 9.69 Å². The lowest BCUT2D eigenvalue weighted by molar-refractivity contribution is -0.141. The van der Waals surface area contributed by atoms with Crippen LogP contribution in [0.1, 0.15) is 63.6 Å². The van der Waals surface area contributed by atoms with E-state index in [1.165, 1.54) is 0 Å². The molecule has 3 aliphatic rings. The summed E-state index contributed by atoms with van der Waals surface area (Å²) >= 11 is 0. The maximum Gasteiger partial charge on any atom is 0.264 e. The molecule has 0 saturated carbocycles. The molecule has 7 bridgehead atoms. The molecule has 6 rings (SSSR count). The number of nitrogens with one attached hydrogen (secondary N) is 1. The van der Waals surface area contributed by atoms with E-state index in [1.54, 1.807) is 24.3 Å². The molecule has 1 amide bonds. The first kappa shape index (κ1) is 30.5. The first-order valence-corrected chi connectivity index (χ1v) is 17.2. The Kier molecular flexibility index (Phi) is 7.94. The van der Waals surface area contributed by atoms with Gasteiger partial charge in [0.15, 0.2) is 0 Å². The molecule has 9 nitrogen and oxygen atoms in total. The van der Waals surface area contributed by atoms with Gasteiger partial charge < -0.3 is 9.64 Å². The molecule has 4 heterocycles. The maximum atomic E-state index is 14.7. The summed E-state index contributed by atoms with van der Waals surface area (Å²) in [5.74, 6) is 0.663. The number of piperidine rings is 1. The molecule has 3 aromatic rings. The number of benzene rings is 2. The number of fused-ring (bicyclic) bond motifs is 7. The molecule has 44 heavy (non-hydrogen) atoms. The van der Waals surface area contributed by atoms with Crippen molar-refractivity contribution in [2.45, 2.75) is 95.8 Å². The Morgan fingerprint density at radius 2 is 1.77 bits per heavy atom. The first-order valence-electron chi connectivity index (χ1n) is 15.7. The van der Waals surface area contributed by atoms with E-state index in [9.17, 15) is 13.2 Å². The molecule has 1 N–H and O–H groups in total. The van der Waals surface area contributed by atoms with Gasteiger partial charge in [-0.1, -0.05) is 44.2 Å². The topological polar surface area (TPSA) is 105 Å². The van der Waals surface area contributed by atoms with Crippen molar-refractivity contribution >= 4 is 21.9 Å². The summed E-state index contributed by atoms with van der Waals surface area (Å²) in [6, 6.07) is 14.8. The maximum absolute atomic E-state index is 14.7.